The lowest BCUT2D eigenvalue weighted by atomic mass is 10.7. The second-order valence-electron chi connectivity index (χ2n) is 1.76. The summed E-state index contributed by atoms with van der Waals surface area (Å²) in [4.78, 5) is 20.8. The predicted molar refractivity (Wildman–Crippen MR) is 43.5 cm³/mol. The summed E-state index contributed by atoms with van der Waals surface area (Å²) >= 11 is 1.09. The highest BCUT2D eigenvalue weighted by molar-refractivity contribution is 8.12. The number of carbonyl (C=O) groups excluding carboxylic acids is 2. The molecule has 11 heavy (non-hydrogen) atoms. The van der Waals surface area contributed by atoms with Crippen LogP contribution in [0.25, 0.3) is 0 Å². The van der Waals surface area contributed by atoms with Crippen LogP contribution in [0.15, 0.2) is 0 Å². The van der Waals surface area contributed by atoms with E-state index >= 15 is 0 Å². The molecule has 0 aliphatic heterocycles. The van der Waals surface area contributed by atoms with E-state index in [-0.39, 0.29) is 17.8 Å². The molecule has 1 N–H and O–H groups in total. The minimum Gasteiger partial charge on any atom is -0.464 e. The van der Waals surface area contributed by atoms with Crippen LogP contribution in [0.1, 0.15) is 6.92 Å². The summed E-state index contributed by atoms with van der Waals surface area (Å²) in [5, 5.41) is 2.42. The third-order valence-corrected chi connectivity index (χ3v) is 1.38. The molecular formula is C6H11NO3S. The summed E-state index contributed by atoms with van der Waals surface area (Å²) in [6, 6.07) is 0. The summed E-state index contributed by atoms with van der Waals surface area (Å²) in [5.41, 5.74) is 0. The highest BCUT2D eigenvalue weighted by atomic mass is 32.2. The maximum absolute atomic E-state index is 10.6. The first-order valence-corrected chi connectivity index (χ1v) is 4.34. The van der Waals surface area contributed by atoms with Gasteiger partial charge in [0, 0.05) is 6.92 Å². The molecule has 64 valence electrons. The van der Waals surface area contributed by atoms with E-state index in [1.807, 2.05) is 0 Å². The molecule has 0 saturated carbocycles. The Morgan fingerprint density at radius 1 is 1.55 bits per heavy atom. The van der Waals surface area contributed by atoms with E-state index in [1.165, 1.54) is 6.92 Å². The summed E-state index contributed by atoms with van der Waals surface area (Å²) in [6.45, 7) is 1.94. The van der Waals surface area contributed by atoms with Crippen LogP contribution >= 0.6 is 11.8 Å². The van der Waals surface area contributed by atoms with Gasteiger partial charge < -0.3 is 10.1 Å². The first kappa shape index (κ1) is 10.3. The first-order valence-electron chi connectivity index (χ1n) is 3.12. The van der Waals surface area contributed by atoms with Gasteiger partial charge in [0.1, 0.15) is 6.61 Å². The van der Waals surface area contributed by atoms with Gasteiger partial charge >= 0.3 is 5.97 Å². The Labute approximate surface area is 69.7 Å². The molecule has 4 nitrogen and oxygen atoms in total. The Morgan fingerprint density at radius 3 is 2.64 bits per heavy atom. The molecule has 0 aliphatic rings. The smallest absolute Gasteiger partial charge is 0.302 e. The van der Waals surface area contributed by atoms with Crippen molar-refractivity contribution in [1.29, 1.82) is 0 Å². The van der Waals surface area contributed by atoms with Gasteiger partial charge in [0.15, 0.2) is 0 Å². The van der Waals surface area contributed by atoms with E-state index in [2.05, 4.69) is 10.1 Å². The van der Waals surface area contributed by atoms with Gasteiger partial charge in [-0.2, -0.15) is 0 Å². The number of carbonyl (C=O) groups is 2. The highest BCUT2D eigenvalue weighted by Gasteiger charge is 1.96. The number of esters is 1. The summed E-state index contributed by atoms with van der Waals surface area (Å²) in [6.07, 6.45) is 1.68. The number of hydrogen-bond donors (Lipinski definition) is 1. The molecule has 0 heterocycles. The Balaban J connectivity index is 3.14. The molecule has 0 aromatic rings. The van der Waals surface area contributed by atoms with E-state index in [9.17, 15) is 9.59 Å². The maximum Gasteiger partial charge on any atom is 0.302 e. The van der Waals surface area contributed by atoms with Crippen LogP contribution in [0.5, 0.6) is 0 Å². The van der Waals surface area contributed by atoms with Gasteiger partial charge in [-0.1, -0.05) is 11.8 Å². The largest absolute Gasteiger partial charge is 0.464 e. The summed E-state index contributed by atoms with van der Waals surface area (Å²) < 4.78 is 4.57. The van der Waals surface area contributed by atoms with Crippen molar-refractivity contribution in [3.63, 3.8) is 0 Å². The van der Waals surface area contributed by atoms with Crippen LogP contribution in [0, 0.1) is 0 Å². The summed E-state index contributed by atoms with van der Waals surface area (Å²) in [7, 11) is 0. The number of amides is 1. The van der Waals surface area contributed by atoms with Gasteiger partial charge in [0.25, 0.3) is 5.24 Å². The highest BCUT2D eigenvalue weighted by Crippen LogP contribution is 1.90. The lowest BCUT2D eigenvalue weighted by molar-refractivity contribution is -0.140. The van der Waals surface area contributed by atoms with Crippen LogP contribution in [0.3, 0.4) is 0 Å². The molecule has 1 amide bonds. The van der Waals surface area contributed by atoms with Crippen molar-refractivity contribution >= 4 is 23.0 Å². The molecule has 0 bridgehead atoms. The average molecular weight is 177 g/mol. The molecule has 0 saturated heterocycles. The Morgan fingerprint density at radius 2 is 2.18 bits per heavy atom. The van der Waals surface area contributed by atoms with E-state index in [0.717, 1.165) is 11.8 Å². The third-order valence-electron chi connectivity index (χ3n) is 0.862. The van der Waals surface area contributed by atoms with E-state index < -0.39 is 0 Å². The SMILES string of the molecule is CSC(=O)NCCOC(C)=O. The van der Waals surface area contributed by atoms with Gasteiger partial charge in [0.05, 0.1) is 6.54 Å². The number of ether oxygens (including phenoxy) is 1. The van der Waals surface area contributed by atoms with Gasteiger partial charge in [-0.25, -0.2) is 0 Å². The zero-order chi connectivity index (χ0) is 8.69. The fourth-order valence-corrected chi connectivity index (χ4v) is 0.666. The summed E-state index contributed by atoms with van der Waals surface area (Å²) in [5.74, 6) is -0.330. The Bertz CT molecular complexity index is 149. The quantitative estimate of drug-likeness (QED) is 0.507. The number of thioether (sulfide) groups is 1. The fraction of sp³-hybridized carbons (Fsp3) is 0.667. The molecule has 5 heteroatoms. The van der Waals surface area contributed by atoms with Crippen LogP contribution in [-0.4, -0.2) is 30.6 Å². The molecule has 0 unspecified atom stereocenters. The van der Waals surface area contributed by atoms with Gasteiger partial charge in [-0.05, 0) is 6.26 Å². The predicted octanol–water partition coefficient (Wildman–Crippen LogP) is 0.622. The van der Waals surface area contributed by atoms with Gasteiger partial charge in [-0.3, -0.25) is 9.59 Å². The van der Waals surface area contributed by atoms with Gasteiger partial charge in [0.2, 0.25) is 0 Å². The lowest BCUT2D eigenvalue weighted by Gasteiger charge is -2.02. The number of hydrogen-bond acceptors (Lipinski definition) is 4. The zero-order valence-electron chi connectivity index (χ0n) is 6.55. The topological polar surface area (TPSA) is 55.4 Å². The van der Waals surface area contributed by atoms with E-state index in [1.54, 1.807) is 6.26 Å². The standard InChI is InChI=1S/C6H11NO3S/c1-5(8)10-4-3-7-6(9)11-2/h3-4H2,1-2H3,(H,7,9). The molecule has 0 aromatic heterocycles. The molecule has 0 fully saturated rings. The monoisotopic (exact) mass is 177 g/mol. The van der Waals surface area contributed by atoms with Crippen molar-refractivity contribution < 1.29 is 14.3 Å². The fourth-order valence-electron chi connectivity index (χ4n) is 0.420. The average Bonchev–Trinajstić information content (AvgIpc) is 1.97. The van der Waals surface area contributed by atoms with Crippen LogP contribution in [-0.2, 0) is 9.53 Å². The minimum atomic E-state index is -0.330. The first-order chi connectivity index (χ1) is 5.16. The molecule has 0 radical (unpaired) electrons. The van der Waals surface area contributed by atoms with E-state index in [4.69, 9.17) is 0 Å². The van der Waals surface area contributed by atoms with Crippen LogP contribution < -0.4 is 5.32 Å². The van der Waals surface area contributed by atoms with Gasteiger partial charge in [-0.15, -0.1) is 0 Å². The molecule has 0 spiro atoms. The van der Waals surface area contributed by atoms with Crippen molar-refractivity contribution in [3.8, 4) is 0 Å². The van der Waals surface area contributed by atoms with E-state index in [0.29, 0.717) is 6.54 Å². The zero-order valence-corrected chi connectivity index (χ0v) is 7.36. The number of nitrogens with one attached hydrogen (secondary N) is 1. The molecule has 0 aliphatic carbocycles. The normalized spacial score (nSPS) is 8.91. The molecule has 0 atom stereocenters. The second kappa shape index (κ2) is 6.03. The molecular weight excluding hydrogens is 166 g/mol. The molecule has 0 aromatic carbocycles. The lowest BCUT2D eigenvalue weighted by Crippen LogP contribution is -2.23. The minimum absolute atomic E-state index is 0.114. The maximum atomic E-state index is 10.6. The van der Waals surface area contributed by atoms with Crippen molar-refractivity contribution in [2.75, 3.05) is 19.4 Å². The van der Waals surface area contributed by atoms with Crippen molar-refractivity contribution in [3.05, 3.63) is 0 Å². The van der Waals surface area contributed by atoms with Crippen molar-refractivity contribution in [1.82, 2.24) is 5.32 Å². The van der Waals surface area contributed by atoms with Crippen LogP contribution in [0.2, 0.25) is 0 Å². The third kappa shape index (κ3) is 7.18. The van der Waals surface area contributed by atoms with Crippen molar-refractivity contribution in [2.24, 2.45) is 0 Å². The molecule has 0 rings (SSSR count). The second-order valence-corrected chi connectivity index (χ2v) is 2.54. The Kier molecular flexibility index (Phi) is 5.64. The number of rotatable bonds is 3. The Hall–Kier alpha value is -0.710. The van der Waals surface area contributed by atoms with Crippen LogP contribution in [0.4, 0.5) is 4.79 Å². The van der Waals surface area contributed by atoms with Crippen molar-refractivity contribution in [2.45, 2.75) is 6.92 Å².